The molecule has 1 aliphatic rings. The molecule has 0 radical (unpaired) electrons. The summed E-state index contributed by atoms with van der Waals surface area (Å²) in [5.74, 6) is 0.286. The molecular weight excluding hydrogens is 323 g/mol. The Hall–Kier alpha value is -1.68. The zero-order chi connectivity index (χ0) is 14.3. The molecule has 3 rings (SSSR count). The quantitative estimate of drug-likeness (QED) is 0.761. The molecule has 1 heterocycles. The molecule has 0 aliphatic carbocycles. The van der Waals surface area contributed by atoms with Crippen molar-refractivity contribution in [1.82, 2.24) is 0 Å². The topological polar surface area (TPSA) is 26.3 Å². The van der Waals surface area contributed by atoms with Crippen LogP contribution >= 0.6 is 15.9 Å². The summed E-state index contributed by atoms with van der Waals surface area (Å²) in [6, 6.07) is 10.3. The lowest BCUT2D eigenvalue weighted by atomic mass is 9.96. The first-order valence-corrected chi connectivity index (χ1v) is 7.09. The first-order valence-electron chi connectivity index (χ1n) is 6.30. The van der Waals surface area contributed by atoms with Gasteiger partial charge in [-0.25, -0.2) is 4.39 Å². The van der Waals surface area contributed by atoms with Crippen LogP contribution in [0.4, 0.5) is 4.39 Å². The summed E-state index contributed by atoms with van der Waals surface area (Å²) in [5, 5.41) is 0. The number of ketones is 1. The molecule has 1 aliphatic heterocycles. The second kappa shape index (κ2) is 5.02. The predicted molar refractivity (Wildman–Crippen MR) is 77.6 cm³/mol. The van der Waals surface area contributed by atoms with Crippen molar-refractivity contribution < 1.29 is 13.9 Å². The van der Waals surface area contributed by atoms with Crippen LogP contribution in [0.2, 0.25) is 0 Å². The smallest absolute Gasteiger partial charge is 0.170 e. The number of carbonyl (C=O) groups excluding carboxylic acids is 1. The van der Waals surface area contributed by atoms with Crippen molar-refractivity contribution >= 4 is 21.7 Å². The Morgan fingerprint density at radius 1 is 1.25 bits per heavy atom. The summed E-state index contributed by atoms with van der Waals surface area (Å²) in [6.07, 6.45) is -0.197. The zero-order valence-corrected chi connectivity index (χ0v) is 12.4. The van der Waals surface area contributed by atoms with Crippen molar-refractivity contribution in [3.05, 3.63) is 63.4 Å². The van der Waals surface area contributed by atoms with E-state index in [0.717, 1.165) is 4.47 Å². The monoisotopic (exact) mass is 334 g/mol. The maximum atomic E-state index is 13.6. The number of benzene rings is 2. The number of carbonyl (C=O) groups is 1. The molecule has 0 aromatic heterocycles. The highest BCUT2D eigenvalue weighted by atomic mass is 79.9. The molecule has 2 aromatic rings. The predicted octanol–water partition coefficient (Wildman–Crippen LogP) is 4.60. The van der Waals surface area contributed by atoms with Gasteiger partial charge in [0.2, 0.25) is 0 Å². The van der Waals surface area contributed by atoms with E-state index in [0.29, 0.717) is 22.4 Å². The molecule has 2 nitrogen and oxygen atoms in total. The summed E-state index contributed by atoms with van der Waals surface area (Å²) < 4.78 is 20.3. The largest absolute Gasteiger partial charge is 0.484 e. The third kappa shape index (κ3) is 2.36. The maximum Gasteiger partial charge on any atom is 0.170 e. The molecule has 0 saturated carbocycles. The minimum atomic E-state index is -0.425. The van der Waals surface area contributed by atoms with Gasteiger partial charge in [0.1, 0.15) is 17.7 Å². The number of Topliss-reactive ketones (excluding diaryl/α,β-unsaturated/α-hetero) is 1. The molecule has 1 atom stereocenters. The van der Waals surface area contributed by atoms with Crippen LogP contribution in [0.3, 0.4) is 0 Å². The highest BCUT2D eigenvalue weighted by Gasteiger charge is 2.28. The van der Waals surface area contributed by atoms with Crippen LogP contribution in [0.15, 0.2) is 40.9 Å². The third-order valence-corrected chi connectivity index (χ3v) is 3.94. The van der Waals surface area contributed by atoms with E-state index in [-0.39, 0.29) is 18.0 Å². The lowest BCUT2D eigenvalue weighted by molar-refractivity contribution is 0.0849. The Labute approximate surface area is 124 Å². The lowest BCUT2D eigenvalue weighted by Crippen LogP contribution is -2.20. The standard InChI is InChI=1S/C16H12BrFO2/c1-9-2-3-10(6-13(9)18)16-8-14(19)12-7-11(17)4-5-15(12)20-16/h2-7,16H,8H2,1H3. The van der Waals surface area contributed by atoms with Crippen LogP contribution in [0.1, 0.15) is 34.0 Å². The zero-order valence-electron chi connectivity index (χ0n) is 10.8. The number of rotatable bonds is 1. The van der Waals surface area contributed by atoms with Gasteiger partial charge in [-0.05, 0) is 42.3 Å². The number of halogens is 2. The second-order valence-electron chi connectivity index (χ2n) is 4.88. The molecule has 4 heteroatoms. The van der Waals surface area contributed by atoms with E-state index in [1.807, 2.05) is 6.07 Å². The third-order valence-electron chi connectivity index (χ3n) is 3.45. The molecule has 0 amide bonds. The fraction of sp³-hybridized carbons (Fsp3) is 0.188. The van der Waals surface area contributed by atoms with Crippen molar-refractivity contribution in [1.29, 1.82) is 0 Å². The van der Waals surface area contributed by atoms with Gasteiger partial charge in [-0.3, -0.25) is 4.79 Å². The molecule has 1 unspecified atom stereocenters. The molecule has 2 aromatic carbocycles. The molecular formula is C16H12BrFO2. The number of aryl methyl sites for hydroxylation is 1. The Bertz CT molecular complexity index is 697. The van der Waals surface area contributed by atoms with Gasteiger partial charge in [0, 0.05) is 4.47 Å². The van der Waals surface area contributed by atoms with Crippen molar-refractivity contribution in [2.75, 3.05) is 0 Å². The Morgan fingerprint density at radius 2 is 2.05 bits per heavy atom. The maximum absolute atomic E-state index is 13.6. The van der Waals surface area contributed by atoms with Crippen molar-refractivity contribution in [2.45, 2.75) is 19.4 Å². The van der Waals surface area contributed by atoms with Gasteiger partial charge in [0.15, 0.2) is 5.78 Å². The van der Waals surface area contributed by atoms with E-state index in [1.54, 1.807) is 31.2 Å². The number of ether oxygens (including phenoxy) is 1. The summed E-state index contributed by atoms with van der Waals surface area (Å²) in [4.78, 5) is 12.2. The van der Waals surface area contributed by atoms with Gasteiger partial charge in [0.05, 0.1) is 12.0 Å². The van der Waals surface area contributed by atoms with E-state index in [2.05, 4.69) is 15.9 Å². The average molecular weight is 335 g/mol. The molecule has 20 heavy (non-hydrogen) atoms. The van der Waals surface area contributed by atoms with Gasteiger partial charge in [-0.15, -0.1) is 0 Å². The molecule has 0 spiro atoms. The summed E-state index contributed by atoms with van der Waals surface area (Å²) >= 11 is 3.34. The van der Waals surface area contributed by atoms with Crippen molar-refractivity contribution in [3.63, 3.8) is 0 Å². The van der Waals surface area contributed by atoms with Gasteiger partial charge < -0.3 is 4.74 Å². The Balaban J connectivity index is 1.97. The molecule has 0 saturated heterocycles. The normalized spacial score (nSPS) is 17.6. The average Bonchev–Trinajstić information content (AvgIpc) is 2.42. The minimum Gasteiger partial charge on any atom is -0.484 e. The van der Waals surface area contributed by atoms with E-state index in [9.17, 15) is 9.18 Å². The van der Waals surface area contributed by atoms with E-state index in [1.165, 1.54) is 6.07 Å². The van der Waals surface area contributed by atoms with Gasteiger partial charge in [-0.2, -0.15) is 0 Å². The van der Waals surface area contributed by atoms with E-state index < -0.39 is 6.10 Å². The SMILES string of the molecule is Cc1ccc(C2CC(=O)c3cc(Br)ccc3O2)cc1F. The Morgan fingerprint density at radius 3 is 2.80 bits per heavy atom. The molecule has 0 bridgehead atoms. The van der Waals surface area contributed by atoms with Crippen LogP contribution in [0, 0.1) is 12.7 Å². The van der Waals surface area contributed by atoms with Gasteiger partial charge >= 0.3 is 0 Å². The van der Waals surface area contributed by atoms with E-state index >= 15 is 0 Å². The van der Waals surface area contributed by atoms with Crippen LogP contribution in [-0.4, -0.2) is 5.78 Å². The fourth-order valence-corrected chi connectivity index (χ4v) is 2.65. The number of hydrogen-bond acceptors (Lipinski definition) is 2. The first kappa shape index (κ1) is 13.3. The fourth-order valence-electron chi connectivity index (χ4n) is 2.29. The molecule has 102 valence electrons. The van der Waals surface area contributed by atoms with Crippen LogP contribution in [0.5, 0.6) is 5.75 Å². The van der Waals surface area contributed by atoms with E-state index in [4.69, 9.17) is 4.74 Å². The van der Waals surface area contributed by atoms with Crippen LogP contribution in [-0.2, 0) is 0 Å². The first-order chi connectivity index (χ1) is 9.54. The summed E-state index contributed by atoms with van der Waals surface area (Å²) in [7, 11) is 0. The Kier molecular flexibility index (Phi) is 3.34. The summed E-state index contributed by atoms with van der Waals surface area (Å²) in [6.45, 7) is 1.71. The van der Waals surface area contributed by atoms with Crippen LogP contribution in [0.25, 0.3) is 0 Å². The van der Waals surface area contributed by atoms with Crippen LogP contribution < -0.4 is 4.74 Å². The lowest BCUT2D eigenvalue weighted by Gasteiger charge is -2.25. The minimum absolute atomic E-state index is 0.0125. The highest BCUT2D eigenvalue weighted by molar-refractivity contribution is 9.10. The van der Waals surface area contributed by atoms with Gasteiger partial charge in [-0.1, -0.05) is 28.1 Å². The van der Waals surface area contributed by atoms with Gasteiger partial charge in [0.25, 0.3) is 0 Å². The molecule has 0 N–H and O–H groups in total. The van der Waals surface area contributed by atoms with Crippen molar-refractivity contribution in [2.24, 2.45) is 0 Å². The highest BCUT2D eigenvalue weighted by Crippen LogP contribution is 2.36. The number of fused-ring (bicyclic) bond motifs is 1. The molecule has 0 fully saturated rings. The number of hydrogen-bond donors (Lipinski definition) is 0. The van der Waals surface area contributed by atoms with Crippen molar-refractivity contribution in [3.8, 4) is 5.75 Å². The summed E-state index contributed by atoms with van der Waals surface area (Å²) in [5.41, 5.74) is 1.85. The second-order valence-corrected chi connectivity index (χ2v) is 5.80.